The largest absolute Gasteiger partial charge is 0.462 e. The molecule has 0 saturated carbocycles. The van der Waals surface area contributed by atoms with E-state index in [-0.39, 0.29) is 5.97 Å². The maximum absolute atomic E-state index is 11.6. The van der Waals surface area contributed by atoms with Crippen molar-refractivity contribution in [3.8, 4) is 0 Å². The van der Waals surface area contributed by atoms with Crippen molar-refractivity contribution in [2.45, 2.75) is 20.4 Å². The summed E-state index contributed by atoms with van der Waals surface area (Å²) in [5.74, 6) is 0.584. The number of nitrogens with one attached hydrogen (secondary N) is 2. The summed E-state index contributed by atoms with van der Waals surface area (Å²) in [6.07, 6.45) is 1.79. The zero-order valence-electron chi connectivity index (χ0n) is 11.1. The van der Waals surface area contributed by atoms with E-state index in [4.69, 9.17) is 4.74 Å². The molecule has 2 aromatic rings. The van der Waals surface area contributed by atoms with E-state index in [2.05, 4.69) is 15.3 Å². The number of benzene rings is 1. The number of ether oxygens (including phenoxy) is 1. The molecule has 19 heavy (non-hydrogen) atoms. The third kappa shape index (κ3) is 3.58. The van der Waals surface area contributed by atoms with Crippen LogP contribution >= 0.6 is 0 Å². The summed E-state index contributed by atoms with van der Waals surface area (Å²) in [7, 11) is 0. The van der Waals surface area contributed by atoms with E-state index < -0.39 is 0 Å². The van der Waals surface area contributed by atoms with Crippen molar-refractivity contribution in [1.82, 2.24) is 9.97 Å². The molecule has 1 heterocycles. The predicted molar refractivity (Wildman–Crippen MR) is 73.0 cm³/mol. The van der Waals surface area contributed by atoms with Crippen molar-refractivity contribution in [1.29, 1.82) is 0 Å². The Morgan fingerprint density at radius 1 is 1.47 bits per heavy atom. The Hall–Kier alpha value is -2.30. The van der Waals surface area contributed by atoms with E-state index in [1.807, 2.05) is 19.1 Å². The van der Waals surface area contributed by atoms with E-state index in [9.17, 15) is 4.79 Å². The van der Waals surface area contributed by atoms with Gasteiger partial charge in [-0.2, -0.15) is 0 Å². The van der Waals surface area contributed by atoms with Crippen molar-refractivity contribution < 1.29 is 9.53 Å². The van der Waals surface area contributed by atoms with Gasteiger partial charge >= 0.3 is 5.97 Å². The highest BCUT2D eigenvalue weighted by Crippen LogP contribution is 2.12. The van der Waals surface area contributed by atoms with Gasteiger partial charge in [0, 0.05) is 5.69 Å². The van der Waals surface area contributed by atoms with Gasteiger partial charge < -0.3 is 15.0 Å². The second-order valence-electron chi connectivity index (χ2n) is 4.15. The number of rotatable bonds is 5. The molecule has 5 nitrogen and oxygen atoms in total. The lowest BCUT2D eigenvalue weighted by molar-refractivity contribution is 0.0526. The molecule has 0 amide bonds. The molecular formula is C14H17N3O2. The molecule has 0 radical (unpaired) electrons. The van der Waals surface area contributed by atoms with E-state index in [0.29, 0.717) is 18.7 Å². The molecule has 5 heteroatoms. The number of carbonyl (C=O) groups is 1. The van der Waals surface area contributed by atoms with Gasteiger partial charge in [0.2, 0.25) is 0 Å². The molecule has 0 unspecified atom stereocenters. The van der Waals surface area contributed by atoms with Gasteiger partial charge in [0.25, 0.3) is 0 Å². The van der Waals surface area contributed by atoms with Crippen molar-refractivity contribution in [2.75, 3.05) is 11.9 Å². The summed E-state index contributed by atoms with van der Waals surface area (Å²) in [5.41, 5.74) is 2.42. The van der Waals surface area contributed by atoms with E-state index in [1.165, 1.54) is 0 Å². The number of esters is 1. The molecule has 0 aliphatic heterocycles. The minimum absolute atomic E-state index is 0.302. The number of aromatic nitrogens is 2. The number of aromatic amines is 1. The quantitative estimate of drug-likeness (QED) is 0.810. The Morgan fingerprint density at radius 3 is 3.00 bits per heavy atom. The van der Waals surface area contributed by atoms with Gasteiger partial charge in [-0.25, -0.2) is 9.78 Å². The fourth-order valence-corrected chi connectivity index (χ4v) is 1.73. The number of hydrogen-bond donors (Lipinski definition) is 2. The van der Waals surface area contributed by atoms with E-state index in [1.54, 1.807) is 25.3 Å². The van der Waals surface area contributed by atoms with Gasteiger partial charge in [0.15, 0.2) is 0 Å². The first-order chi connectivity index (χ1) is 9.19. The summed E-state index contributed by atoms with van der Waals surface area (Å²) >= 11 is 0. The number of aryl methyl sites for hydroxylation is 1. The van der Waals surface area contributed by atoms with Crippen LogP contribution in [0.2, 0.25) is 0 Å². The molecule has 2 N–H and O–H groups in total. The molecule has 0 atom stereocenters. The summed E-state index contributed by atoms with van der Waals surface area (Å²) in [4.78, 5) is 18.9. The van der Waals surface area contributed by atoms with Crippen molar-refractivity contribution in [3.63, 3.8) is 0 Å². The minimum atomic E-state index is -0.302. The maximum Gasteiger partial charge on any atom is 0.338 e. The summed E-state index contributed by atoms with van der Waals surface area (Å²) in [5, 5.41) is 3.23. The fourth-order valence-electron chi connectivity index (χ4n) is 1.73. The number of hydrogen-bond acceptors (Lipinski definition) is 4. The molecule has 1 aromatic heterocycles. The lowest BCUT2D eigenvalue weighted by Gasteiger charge is -2.07. The standard InChI is InChI=1S/C14H17N3O2/c1-3-19-14(18)11-5-4-6-12(7-11)16-9-13-8-15-10(2)17-13/h4-8,16H,3,9H2,1-2H3,(H,15,17). The Labute approximate surface area is 112 Å². The Balaban J connectivity index is 2.00. The summed E-state index contributed by atoms with van der Waals surface area (Å²) in [6, 6.07) is 7.25. The van der Waals surface area contributed by atoms with Gasteiger partial charge in [-0.3, -0.25) is 0 Å². The van der Waals surface area contributed by atoms with Crippen LogP contribution in [0.1, 0.15) is 28.8 Å². The first-order valence-corrected chi connectivity index (χ1v) is 6.20. The number of anilines is 1. The van der Waals surface area contributed by atoms with Crippen molar-refractivity contribution >= 4 is 11.7 Å². The highest BCUT2D eigenvalue weighted by molar-refractivity contribution is 5.90. The van der Waals surface area contributed by atoms with Crippen LogP contribution in [0.4, 0.5) is 5.69 Å². The smallest absolute Gasteiger partial charge is 0.338 e. The van der Waals surface area contributed by atoms with E-state index >= 15 is 0 Å². The van der Waals surface area contributed by atoms with Crippen LogP contribution < -0.4 is 5.32 Å². The zero-order chi connectivity index (χ0) is 13.7. The molecule has 0 saturated heterocycles. The number of nitrogens with zero attached hydrogens (tertiary/aromatic N) is 1. The van der Waals surface area contributed by atoms with Crippen LogP contribution in [0.3, 0.4) is 0 Å². The lowest BCUT2D eigenvalue weighted by atomic mass is 10.2. The van der Waals surface area contributed by atoms with Crippen LogP contribution in [0.15, 0.2) is 30.5 Å². The molecule has 0 aliphatic rings. The van der Waals surface area contributed by atoms with Crippen LogP contribution in [-0.4, -0.2) is 22.5 Å². The molecule has 1 aromatic carbocycles. The Bertz CT molecular complexity index is 563. The second kappa shape index (κ2) is 6.04. The van der Waals surface area contributed by atoms with Crippen LogP contribution in [0.25, 0.3) is 0 Å². The molecule has 0 spiro atoms. The normalized spacial score (nSPS) is 10.2. The van der Waals surface area contributed by atoms with Gasteiger partial charge in [-0.05, 0) is 32.0 Å². The lowest BCUT2D eigenvalue weighted by Crippen LogP contribution is -2.06. The van der Waals surface area contributed by atoms with Crippen molar-refractivity contribution in [3.05, 3.63) is 47.5 Å². The van der Waals surface area contributed by atoms with E-state index in [0.717, 1.165) is 17.2 Å². The monoisotopic (exact) mass is 259 g/mol. The second-order valence-corrected chi connectivity index (χ2v) is 4.15. The van der Waals surface area contributed by atoms with Gasteiger partial charge in [-0.1, -0.05) is 6.07 Å². The number of carbonyl (C=O) groups excluding carboxylic acids is 1. The summed E-state index contributed by atoms with van der Waals surface area (Å²) < 4.78 is 4.97. The van der Waals surface area contributed by atoms with Crippen LogP contribution in [-0.2, 0) is 11.3 Å². The summed E-state index contributed by atoms with van der Waals surface area (Å²) in [6.45, 7) is 4.71. The maximum atomic E-state index is 11.6. The average Bonchev–Trinajstić information content (AvgIpc) is 2.83. The first-order valence-electron chi connectivity index (χ1n) is 6.20. The van der Waals surface area contributed by atoms with Crippen LogP contribution in [0.5, 0.6) is 0 Å². The van der Waals surface area contributed by atoms with Gasteiger partial charge in [-0.15, -0.1) is 0 Å². The third-order valence-corrected chi connectivity index (χ3v) is 2.61. The van der Waals surface area contributed by atoms with Gasteiger partial charge in [0.1, 0.15) is 5.82 Å². The first kappa shape index (κ1) is 13.1. The fraction of sp³-hybridized carbons (Fsp3) is 0.286. The molecule has 0 bridgehead atoms. The Kier molecular flexibility index (Phi) is 4.18. The molecule has 2 rings (SSSR count). The minimum Gasteiger partial charge on any atom is -0.462 e. The zero-order valence-corrected chi connectivity index (χ0v) is 11.1. The molecule has 100 valence electrons. The topological polar surface area (TPSA) is 67.0 Å². The molecule has 0 aliphatic carbocycles. The Morgan fingerprint density at radius 2 is 2.32 bits per heavy atom. The van der Waals surface area contributed by atoms with Crippen molar-refractivity contribution in [2.24, 2.45) is 0 Å². The number of H-pyrrole nitrogens is 1. The average molecular weight is 259 g/mol. The highest BCUT2D eigenvalue weighted by Gasteiger charge is 2.06. The molecular weight excluding hydrogens is 242 g/mol. The van der Waals surface area contributed by atoms with Crippen LogP contribution in [0, 0.1) is 6.92 Å². The SMILES string of the molecule is CCOC(=O)c1cccc(NCc2cnc(C)[nH]2)c1. The third-order valence-electron chi connectivity index (χ3n) is 2.61. The molecule has 0 fully saturated rings. The van der Waals surface area contributed by atoms with Gasteiger partial charge in [0.05, 0.1) is 30.6 Å². The predicted octanol–water partition coefficient (Wildman–Crippen LogP) is 2.51. The number of imidazole rings is 1. The highest BCUT2D eigenvalue weighted by atomic mass is 16.5.